The number of cyclic esters (lactones) is 1. The van der Waals surface area contributed by atoms with Crippen molar-refractivity contribution in [1.29, 1.82) is 0 Å². The van der Waals surface area contributed by atoms with Gasteiger partial charge >= 0.3 is 11.9 Å². The number of morpholine rings is 1. The smallest absolute Gasteiger partial charge is 0.336 e. The van der Waals surface area contributed by atoms with E-state index in [1.165, 1.54) is 7.11 Å². The fourth-order valence-corrected chi connectivity index (χ4v) is 4.64. The largest absolute Gasteiger partial charge is 0.466 e. The van der Waals surface area contributed by atoms with E-state index >= 15 is 0 Å². The number of ether oxygens (including phenoxy) is 2. The summed E-state index contributed by atoms with van der Waals surface area (Å²) in [6, 6.07) is 17.8. The molecule has 1 N–H and O–H groups in total. The normalized spacial score (nSPS) is 26.9. The van der Waals surface area contributed by atoms with Crippen LogP contribution in [0.15, 0.2) is 71.8 Å². The summed E-state index contributed by atoms with van der Waals surface area (Å²) < 4.78 is 11.0. The van der Waals surface area contributed by atoms with Crippen molar-refractivity contribution in [2.24, 2.45) is 0 Å². The standard InChI is InChI=1S/C24H23NO5/c1-22(2)24(16-13-9-6-10-14-16)18(20(27)29-4)17(23(3,25-24)21(28)30-22)19(26)15-11-7-5-8-12-15/h5-14,25H,1-4H3/t23-,24+/m0/s1. The van der Waals surface area contributed by atoms with Crippen molar-refractivity contribution in [2.45, 2.75) is 37.5 Å². The Morgan fingerprint density at radius 1 is 0.900 bits per heavy atom. The zero-order valence-electron chi connectivity index (χ0n) is 17.3. The van der Waals surface area contributed by atoms with E-state index in [9.17, 15) is 14.4 Å². The zero-order chi connectivity index (χ0) is 21.7. The average molecular weight is 405 g/mol. The van der Waals surface area contributed by atoms with Crippen molar-refractivity contribution >= 4 is 17.7 Å². The molecular weight excluding hydrogens is 382 g/mol. The second kappa shape index (κ2) is 6.64. The zero-order valence-corrected chi connectivity index (χ0v) is 17.3. The molecule has 2 heterocycles. The highest BCUT2D eigenvalue weighted by molar-refractivity contribution is 6.20. The molecule has 2 aliphatic rings. The van der Waals surface area contributed by atoms with Crippen LogP contribution < -0.4 is 5.32 Å². The Hall–Kier alpha value is -3.25. The van der Waals surface area contributed by atoms with Crippen LogP contribution >= 0.6 is 0 Å². The fraction of sp³-hybridized carbons (Fsp3) is 0.292. The van der Waals surface area contributed by atoms with Gasteiger partial charge in [-0.05, 0) is 26.3 Å². The van der Waals surface area contributed by atoms with Gasteiger partial charge in [0.2, 0.25) is 0 Å². The molecule has 0 spiro atoms. The quantitative estimate of drug-likeness (QED) is 0.622. The first-order valence-corrected chi connectivity index (χ1v) is 9.70. The Morgan fingerprint density at radius 2 is 1.47 bits per heavy atom. The number of carbonyl (C=O) groups excluding carboxylic acids is 3. The van der Waals surface area contributed by atoms with Crippen LogP contribution in [0.4, 0.5) is 0 Å². The minimum absolute atomic E-state index is 0.0555. The van der Waals surface area contributed by atoms with Crippen LogP contribution in [-0.2, 0) is 24.6 Å². The van der Waals surface area contributed by atoms with Crippen LogP contribution in [0.3, 0.4) is 0 Å². The van der Waals surface area contributed by atoms with Crippen molar-refractivity contribution in [3.63, 3.8) is 0 Å². The summed E-state index contributed by atoms with van der Waals surface area (Å²) >= 11 is 0. The number of ketones is 1. The molecule has 2 bridgehead atoms. The highest BCUT2D eigenvalue weighted by Crippen LogP contribution is 2.55. The van der Waals surface area contributed by atoms with Gasteiger partial charge in [0.25, 0.3) is 0 Å². The number of carbonyl (C=O) groups is 3. The maximum atomic E-state index is 13.6. The van der Waals surface area contributed by atoms with E-state index < -0.39 is 34.4 Å². The van der Waals surface area contributed by atoms with Crippen LogP contribution in [0.1, 0.15) is 36.7 Å². The van der Waals surface area contributed by atoms with Crippen molar-refractivity contribution in [2.75, 3.05) is 7.11 Å². The molecule has 0 amide bonds. The lowest BCUT2D eigenvalue weighted by molar-refractivity contribution is -0.182. The molecule has 6 nitrogen and oxygen atoms in total. The molecule has 1 saturated heterocycles. The first kappa shape index (κ1) is 20.0. The van der Waals surface area contributed by atoms with Gasteiger partial charge < -0.3 is 9.47 Å². The Balaban J connectivity index is 2.11. The monoisotopic (exact) mass is 405 g/mol. The minimum Gasteiger partial charge on any atom is -0.466 e. The van der Waals surface area contributed by atoms with Crippen molar-refractivity contribution < 1.29 is 23.9 Å². The predicted octanol–water partition coefficient (Wildman–Crippen LogP) is 2.93. The van der Waals surface area contributed by atoms with Gasteiger partial charge in [-0.2, -0.15) is 0 Å². The summed E-state index contributed by atoms with van der Waals surface area (Å²) in [6.07, 6.45) is 0. The number of nitrogens with one attached hydrogen (secondary N) is 1. The molecule has 0 aromatic heterocycles. The number of Topliss-reactive ketones (excluding diaryl/α,β-unsaturated/α-hetero) is 1. The Bertz CT molecular complexity index is 1070. The number of fused-ring (bicyclic) bond motifs is 2. The van der Waals surface area contributed by atoms with E-state index in [1.807, 2.05) is 30.3 Å². The van der Waals surface area contributed by atoms with Crippen molar-refractivity contribution in [3.8, 4) is 0 Å². The molecule has 4 rings (SSSR count). The van der Waals surface area contributed by atoms with Crippen LogP contribution in [0.5, 0.6) is 0 Å². The second-order valence-electron chi connectivity index (χ2n) is 8.20. The van der Waals surface area contributed by atoms with Crippen molar-refractivity contribution in [3.05, 3.63) is 82.9 Å². The average Bonchev–Trinajstić information content (AvgIpc) is 3.03. The molecule has 0 radical (unpaired) electrons. The van der Waals surface area contributed by atoms with Crippen LogP contribution in [0, 0.1) is 0 Å². The van der Waals surface area contributed by atoms with Gasteiger partial charge in [-0.15, -0.1) is 0 Å². The molecule has 0 aliphatic carbocycles. The lowest BCUT2D eigenvalue weighted by Crippen LogP contribution is -2.70. The fourth-order valence-electron chi connectivity index (χ4n) is 4.64. The van der Waals surface area contributed by atoms with Gasteiger partial charge in [0.15, 0.2) is 5.78 Å². The third-order valence-electron chi connectivity index (χ3n) is 6.08. The Morgan fingerprint density at radius 3 is 2.03 bits per heavy atom. The third-order valence-corrected chi connectivity index (χ3v) is 6.08. The summed E-state index contributed by atoms with van der Waals surface area (Å²) in [5.41, 5.74) is -2.72. The maximum Gasteiger partial charge on any atom is 0.336 e. The maximum absolute atomic E-state index is 13.6. The Kier molecular flexibility index (Phi) is 4.43. The molecule has 2 aliphatic heterocycles. The number of hydrogen-bond acceptors (Lipinski definition) is 6. The third kappa shape index (κ3) is 2.50. The molecule has 0 saturated carbocycles. The lowest BCUT2D eigenvalue weighted by atomic mass is 9.71. The van der Waals surface area contributed by atoms with Crippen LogP contribution in [0.25, 0.3) is 0 Å². The highest BCUT2D eigenvalue weighted by Gasteiger charge is 2.70. The minimum atomic E-state index is -1.51. The van der Waals surface area contributed by atoms with Crippen LogP contribution in [0.2, 0.25) is 0 Å². The summed E-state index contributed by atoms with van der Waals surface area (Å²) in [6.45, 7) is 5.03. The second-order valence-corrected chi connectivity index (χ2v) is 8.20. The van der Waals surface area contributed by atoms with E-state index in [4.69, 9.17) is 9.47 Å². The number of esters is 2. The number of methoxy groups -OCH3 is 1. The first-order valence-electron chi connectivity index (χ1n) is 9.70. The summed E-state index contributed by atoms with van der Waals surface area (Å²) in [5.74, 6) is -1.71. The molecule has 154 valence electrons. The molecule has 6 heteroatoms. The Labute approximate surface area is 174 Å². The van der Waals surface area contributed by atoms with Gasteiger partial charge in [-0.1, -0.05) is 60.7 Å². The molecule has 1 fully saturated rings. The number of rotatable bonds is 4. The highest BCUT2D eigenvalue weighted by atomic mass is 16.6. The van der Waals surface area contributed by atoms with Gasteiger partial charge in [-0.25, -0.2) is 9.59 Å². The van der Waals surface area contributed by atoms with E-state index in [0.29, 0.717) is 11.1 Å². The molecule has 0 unspecified atom stereocenters. The predicted molar refractivity (Wildman–Crippen MR) is 110 cm³/mol. The van der Waals surface area contributed by atoms with E-state index in [2.05, 4.69) is 5.32 Å². The van der Waals surface area contributed by atoms with Crippen LogP contribution in [-0.4, -0.2) is 36.0 Å². The summed E-state index contributed by atoms with van der Waals surface area (Å²) in [5, 5.41) is 3.33. The molecular formula is C24H23NO5. The van der Waals surface area contributed by atoms with E-state index in [0.717, 1.165) is 0 Å². The summed E-state index contributed by atoms with van der Waals surface area (Å²) in [4.78, 5) is 40.0. The number of benzene rings is 2. The lowest BCUT2D eigenvalue weighted by Gasteiger charge is -2.50. The van der Waals surface area contributed by atoms with Gasteiger partial charge in [0.1, 0.15) is 16.7 Å². The van der Waals surface area contributed by atoms with Gasteiger partial charge in [0, 0.05) is 11.1 Å². The molecule has 30 heavy (non-hydrogen) atoms. The molecule has 2 aromatic rings. The SMILES string of the molecule is COC(=O)C1=C(C(=O)c2ccccc2)[C@]2(C)N[C@@]1(c1ccccc1)C(C)(C)OC2=O. The van der Waals surface area contributed by atoms with E-state index in [1.54, 1.807) is 51.1 Å². The van der Waals surface area contributed by atoms with E-state index in [-0.39, 0.29) is 11.1 Å². The van der Waals surface area contributed by atoms with Gasteiger partial charge in [0.05, 0.1) is 12.7 Å². The first-order chi connectivity index (χ1) is 14.2. The summed E-state index contributed by atoms with van der Waals surface area (Å²) in [7, 11) is 1.26. The van der Waals surface area contributed by atoms with Gasteiger partial charge in [-0.3, -0.25) is 10.1 Å². The molecule has 2 aromatic carbocycles. The van der Waals surface area contributed by atoms with Crippen molar-refractivity contribution in [1.82, 2.24) is 5.32 Å². The topological polar surface area (TPSA) is 81.7 Å². The number of hydrogen-bond donors (Lipinski definition) is 1. The molecule has 2 atom stereocenters.